The molecule has 11 heteroatoms. The number of aromatic nitrogens is 3. The summed E-state index contributed by atoms with van der Waals surface area (Å²) < 4.78 is 48.5. The maximum absolute atomic E-state index is 12.3. The second-order valence-electron chi connectivity index (χ2n) is 7.08. The summed E-state index contributed by atoms with van der Waals surface area (Å²) in [6, 6.07) is 5.58. The molecule has 4 rings (SSSR count). The Balaban J connectivity index is 1.39. The Kier molecular flexibility index (Phi) is 5.63. The number of likely N-dealkylation sites (tertiary alicyclic amines) is 1. The quantitative estimate of drug-likeness (QED) is 0.585. The number of thiazole rings is 1. The number of piperidine rings is 1. The molecule has 1 saturated heterocycles. The van der Waals surface area contributed by atoms with Crippen molar-refractivity contribution in [2.45, 2.75) is 37.8 Å². The van der Waals surface area contributed by atoms with E-state index in [4.69, 9.17) is 9.26 Å². The van der Waals surface area contributed by atoms with Crippen LogP contribution in [0.15, 0.2) is 22.7 Å². The first-order valence-electron chi connectivity index (χ1n) is 9.45. The Morgan fingerprint density at radius 2 is 2.07 bits per heavy atom. The third kappa shape index (κ3) is 4.55. The Morgan fingerprint density at radius 3 is 2.77 bits per heavy atom. The van der Waals surface area contributed by atoms with Crippen molar-refractivity contribution in [3.63, 3.8) is 0 Å². The largest absolute Gasteiger partial charge is 0.497 e. The molecule has 1 fully saturated rings. The van der Waals surface area contributed by atoms with Gasteiger partial charge in [-0.3, -0.25) is 4.79 Å². The molecule has 0 spiro atoms. The van der Waals surface area contributed by atoms with Gasteiger partial charge in [-0.25, -0.2) is 4.98 Å². The highest BCUT2D eigenvalue weighted by Gasteiger charge is 2.32. The smallest absolute Gasteiger partial charge is 0.389 e. The van der Waals surface area contributed by atoms with Crippen LogP contribution in [-0.2, 0) is 4.79 Å². The highest BCUT2D eigenvalue weighted by atomic mass is 32.1. The molecule has 0 atom stereocenters. The zero-order valence-corrected chi connectivity index (χ0v) is 16.9. The molecule has 7 nitrogen and oxygen atoms in total. The number of ether oxygens (including phenoxy) is 1. The molecular weight excluding hydrogens is 421 g/mol. The summed E-state index contributed by atoms with van der Waals surface area (Å²) in [5.41, 5.74) is 0.813. The number of halogens is 3. The molecule has 3 heterocycles. The summed E-state index contributed by atoms with van der Waals surface area (Å²) in [7, 11) is 1.60. The average molecular weight is 440 g/mol. The molecule has 0 N–H and O–H groups in total. The van der Waals surface area contributed by atoms with Gasteiger partial charge < -0.3 is 14.2 Å². The molecule has 160 valence electrons. The lowest BCUT2D eigenvalue weighted by atomic mass is 9.96. The van der Waals surface area contributed by atoms with Crippen molar-refractivity contribution in [1.82, 2.24) is 20.0 Å². The number of methoxy groups -OCH3 is 1. The van der Waals surface area contributed by atoms with Crippen molar-refractivity contribution in [3.8, 4) is 16.6 Å². The summed E-state index contributed by atoms with van der Waals surface area (Å²) in [6.07, 6.45) is -4.79. The lowest BCUT2D eigenvalue weighted by Gasteiger charge is -2.30. The van der Waals surface area contributed by atoms with Gasteiger partial charge in [-0.1, -0.05) is 5.16 Å². The molecule has 1 aliphatic heterocycles. The van der Waals surface area contributed by atoms with Crippen LogP contribution in [0.25, 0.3) is 21.0 Å². The van der Waals surface area contributed by atoms with Crippen LogP contribution in [0.2, 0.25) is 0 Å². The van der Waals surface area contributed by atoms with Gasteiger partial charge in [0.2, 0.25) is 17.6 Å². The molecule has 1 amide bonds. The van der Waals surface area contributed by atoms with E-state index in [2.05, 4.69) is 15.1 Å². The normalized spacial score (nSPS) is 15.7. The van der Waals surface area contributed by atoms with Crippen LogP contribution >= 0.6 is 11.3 Å². The standard InChI is InChI=1S/C19H19F3N4O3S/c1-28-12-2-3-13-14(10-12)30-18(23-13)16-24-17(29-25-16)11-5-8-26(9-6-11)15(27)4-7-19(20,21)22/h2-3,10-11H,4-9H2,1H3. The third-order valence-electron chi connectivity index (χ3n) is 5.05. The zero-order valence-electron chi connectivity index (χ0n) is 16.1. The van der Waals surface area contributed by atoms with E-state index in [9.17, 15) is 18.0 Å². The number of hydrogen-bond acceptors (Lipinski definition) is 7. The van der Waals surface area contributed by atoms with Gasteiger partial charge in [-0.05, 0) is 31.0 Å². The molecule has 1 aromatic carbocycles. The number of hydrogen-bond donors (Lipinski definition) is 0. The SMILES string of the molecule is COc1ccc2nc(-c3noc(C4CCN(C(=O)CCC(F)(F)F)CC4)n3)sc2c1. The minimum Gasteiger partial charge on any atom is -0.497 e. The highest BCUT2D eigenvalue weighted by Crippen LogP contribution is 2.33. The number of fused-ring (bicyclic) bond motifs is 1. The Bertz CT molecular complexity index is 1040. The first kappa shape index (κ1) is 20.6. The van der Waals surface area contributed by atoms with Crippen LogP contribution in [0.1, 0.15) is 37.5 Å². The van der Waals surface area contributed by atoms with Gasteiger partial charge in [-0.2, -0.15) is 18.2 Å². The highest BCUT2D eigenvalue weighted by molar-refractivity contribution is 7.21. The lowest BCUT2D eigenvalue weighted by Crippen LogP contribution is -2.38. The van der Waals surface area contributed by atoms with E-state index in [1.165, 1.54) is 16.2 Å². The van der Waals surface area contributed by atoms with Crippen LogP contribution in [0.5, 0.6) is 5.75 Å². The minimum absolute atomic E-state index is 0.0348. The summed E-state index contributed by atoms with van der Waals surface area (Å²) in [5.74, 6) is 1.09. The minimum atomic E-state index is -4.32. The van der Waals surface area contributed by atoms with Gasteiger partial charge in [0, 0.05) is 25.4 Å². The van der Waals surface area contributed by atoms with Crippen molar-refractivity contribution in [2.24, 2.45) is 0 Å². The van der Waals surface area contributed by atoms with Crippen LogP contribution in [-0.4, -0.2) is 52.3 Å². The van der Waals surface area contributed by atoms with Gasteiger partial charge in [-0.15, -0.1) is 11.3 Å². The van der Waals surface area contributed by atoms with Crippen molar-refractivity contribution in [1.29, 1.82) is 0 Å². The van der Waals surface area contributed by atoms with Crippen LogP contribution in [0.4, 0.5) is 13.2 Å². The second kappa shape index (κ2) is 8.21. The number of carbonyl (C=O) groups is 1. The molecule has 0 bridgehead atoms. The van der Waals surface area contributed by atoms with Gasteiger partial charge in [0.25, 0.3) is 0 Å². The predicted octanol–water partition coefficient (Wildman–Crippen LogP) is 4.40. The first-order valence-corrected chi connectivity index (χ1v) is 10.3. The molecule has 0 aliphatic carbocycles. The van der Waals surface area contributed by atoms with Gasteiger partial charge in [0.15, 0.2) is 5.01 Å². The number of amides is 1. The maximum atomic E-state index is 12.3. The van der Waals surface area contributed by atoms with E-state index >= 15 is 0 Å². The molecule has 2 aromatic heterocycles. The number of alkyl halides is 3. The van der Waals surface area contributed by atoms with E-state index in [-0.39, 0.29) is 5.92 Å². The van der Waals surface area contributed by atoms with Gasteiger partial charge >= 0.3 is 6.18 Å². The lowest BCUT2D eigenvalue weighted by molar-refractivity contribution is -0.149. The summed E-state index contributed by atoms with van der Waals surface area (Å²) in [4.78, 5) is 22.4. The number of rotatable bonds is 5. The van der Waals surface area contributed by atoms with E-state index in [0.717, 1.165) is 16.0 Å². The fourth-order valence-corrected chi connectivity index (χ4v) is 4.32. The Labute approximate surface area is 173 Å². The van der Waals surface area contributed by atoms with Crippen LogP contribution < -0.4 is 4.74 Å². The fourth-order valence-electron chi connectivity index (χ4n) is 3.40. The van der Waals surface area contributed by atoms with Crippen molar-refractivity contribution in [2.75, 3.05) is 20.2 Å². The van der Waals surface area contributed by atoms with Crippen molar-refractivity contribution in [3.05, 3.63) is 24.1 Å². The van der Waals surface area contributed by atoms with E-state index < -0.39 is 24.9 Å². The first-order chi connectivity index (χ1) is 14.3. The van der Waals surface area contributed by atoms with Crippen LogP contribution in [0, 0.1) is 0 Å². The van der Waals surface area contributed by atoms with Gasteiger partial charge in [0.1, 0.15) is 5.75 Å². The molecule has 30 heavy (non-hydrogen) atoms. The van der Waals surface area contributed by atoms with Crippen molar-refractivity contribution < 1.29 is 27.2 Å². The number of nitrogens with zero attached hydrogens (tertiary/aromatic N) is 4. The maximum Gasteiger partial charge on any atom is 0.389 e. The topological polar surface area (TPSA) is 81.4 Å². The van der Waals surface area contributed by atoms with E-state index in [1.807, 2.05) is 18.2 Å². The second-order valence-corrected chi connectivity index (χ2v) is 8.11. The van der Waals surface area contributed by atoms with E-state index in [1.54, 1.807) is 7.11 Å². The molecule has 0 unspecified atom stereocenters. The monoisotopic (exact) mass is 440 g/mol. The molecular formula is C19H19F3N4O3S. The molecule has 3 aromatic rings. The molecule has 0 saturated carbocycles. The number of benzene rings is 1. The van der Waals surface area contributed by atoms with E-state index in [0.29, 0.717) is 42.7 Å². The number of carbonyl (C=O) groups excluding carboxylic acids is 1. The Morgan fingerprint density at radius 1 is 1.30 bits per heavy atom. The van der Waals surface area contributed by atoms with Gasteiger partial charge in [0.05, 0.1) is 23.7 Å². The molecule has 0 radical (unpaired) electrons. The summed E-state index contributed by atoms with van der Waals surface area (Å²) >= 11 is 1.43. The zero-order chi connectivity index (χ0) is 21.3. The predicted molar refractivity (Wildman–Crippen MR) is 103 cm³/mol. The summed E-state index contributed by atoms with van der Waals surface area (Å²) in [5, 5.41) is 4.67. The fraction of sp³-hybridized carbons (Fsp3) is 0.474. The average Bonchev–Trinajstić information content (AvgIpc) is 3.38. The van der Waals surface area contributed by atoms with Crippen LogP contribution in [0.3, 0.4) is 0 Å². The van der Waals surface area contributed by atoms with Crippen molar-refractivity contribution >= 4 is 27.5 Å². The summed E-state index contributed by atoms with van der Waals surface area (Å²) in [6.45, 7) is 0.750. The molecule has 1 aliphatic rings. The third-order valence-corrected chi connectivity index (χ3v) is 6.06. The Hall–Kier alpha value is -2.69.